The molecule has 0 aliphatic carbocycles. The molecule has 104 valence electrons. The van der Waals surface area contributed by atoms with Gasteiger partial charge in [-0.3, -0.25) is 4.90 Å². The third-order valence-electron chi connectivity index (χ3n) is 4.65. The molecule has 1 N–H and O–H groups in total. The van der Waals surface area contributed by atoms with Crippen molar-refractivity contribution in [1.82, 2.24) is 10.2 Å². The van der Waals surface area contributed by atoms with Crippen molar-refractivity contribution in [1.29, 1.82) is 0 Å². The highest BCUT2D eigenvalue weighted by Crippen LogP contribution is 2.28. The summed E-state index contributed by atoms with van der Waals surface area (Å²) in [6, 6.07) is 10.2. The minimum absolute atomic E-state index is 0.516. The molecule has 2 aliphatic rings. The first-order valence-electron chi connectivity index (χ1n) is 7.42. The van der Waals surface area contributed by atoms with E-state index in [-0.39, 0.29) is 0 Å². The molecular formula is C16H24N2S. The molecule has 1 aromatic rings. The summed E-state index contributed by atoms with van der Waals surface area (Å²) in [7, 11) is 0. The van der Waals surface area contributed by atoms with Crippen LogP contribution in [0.3, 0.4) is 0 Å². The number of hydrogen-bond donors (Lipinski definition) is 1. The van der Waals surface area contributed by atoms with E-state index < -0.39 is 0 Å². The van der Waals surface area contributed by atoms with Gasteiger partial charge in [-0.05, 0) is 31.0 Å². The lowest BCUT2D eigenvalue weighted by molar-refractivity contribution is 0.188. The average molecular weight is 276 g/mol. The number of rotatable bonds is 2. The van der Waals surface area contributed by atoms with Crippen molar-refractivity contribution in [3.8, 4) is 0 Å². The normalized spacial score (nSPS) is 32.0. The molecule has 1 saturated heterocycles. The summed E-state index contributed by atoms with van der Waals surface area (Å²) in [6.07, 6.45) is 1.18. The van der Waals surface area contributed by atoms with Gasteiger partial charge >= 0.3 is 0 Å². The Bertz CT molecular complexity index is 435. The third-order valence-corrected chi connectivity index (χ3v) is 5.99. The van der Waals surface area contributed by atoms with E-state index in [0.717, 1.165) is 18.3 Å². The highest BCUT2D eigenvalue weighted by atomic mass is 32.2. The molecular weight excluding hydrogens is 252 g/mol. The van der Waals surface area contributed by atoms with Gasteiger partial charge in [-0.2, -0.15) is 11.8 Å². The first-order valence-corrected chi connectivity index (χ1v) is 8.47. The molecule has 0 aromatic heterocycles. The van der Waals surface area contributed by atoms with Gasteiger partial charge in [-0.25, -0.2) is 0 Å². The molecule has 0 radical (unpaired) electrons. The van der Waals surface area contributed by atoms with Crippen molar-refractivity contribution in [3.05, 3.63) is 35.4 Å². The molecule has 3 rings (SSSR count). The van der Waals surface area contributed by atoms with Crippen molar-refractivity contribution in [2.24, 2.45) is 0 Å². The fourth-order valence-electron chi connectivity index (χ4n) is 3.24. The van der Waals surface area contributed by atoms with E-state index in [2.05, 4.69) is 60.1 Å². The predicted molar refractivity (Wildman–Crippen MR) is 83.8 cm³/mol. The van der Waals surface area contributed by atoms with Crippen molar-refractivity contribution in [2.45, 2.75) is 37.6 Å². The van der Waals surface area contributed by atoms with Gasteiger partial charge in [-0.15, -0.1) is 0 Å². The van der Waals surface area contributed by atoms with Crippen LogP contribution in [0.1, 0.15) is 31.0 Å². The van der Waals surface area contributed by atoms with Gasteiger partial charge in [-0.1, -0.05) is 31.2 Å². The fourth-order valence-corrected chi connectivity index (χ4v) is 4.41. The number of hydrogen-bond acceptors (Lipinski definition) is 3. The van der Waals surface area contributed by atoms with Crippen LogP contribution in [0.4, 0.5) is 0 Å². The summed E-state index contributed by atoms with van der Waals surface area (Å²) >= 11 is 2.12. The molecule has 0 bridgehead atoms. The summed E-state index contributed by atoms with van der Waals surface area (Å²) in [6.45, 7) is 8.25. The lowest BCUT2D eigenvalue weighted by atomic mass is 9.93. The van der Waals surface area contributed by atoms with Crippen LogP contribution < -0.4 is 5.32 Å². The molecule has 2 nitrogen and oxygen atoms in total. The Morgan fingerprint density at radius 3 is 3.05 bits per heavy atom. The van der Waals surface area contributed by atoms with Gasteiger partial charge in [0.05, 0.1) is 0 Å². The molecule has 2 heterocycles. The molecule has 3 atom stereocenters. The number of nitrogens with one attached hydrogen (secondary N) is 1. The van der Waals surface area contributed by atoms with Crippen LogP contribution in [0.2, 0.25) is 0 Å². The zero-order chi connectivity index (χ0) is 13.2. The molecule has 0 spiro atoms. The van der Waals surface area contributed by atoms with Crippen LogP contribution in [0.15, 0.2) is 24.3 Å². The predicted octanol–water partition coefficient (Wildman–Crippen LogP) is 2.70. The Morgan fingerprint density at radius 2 is 2.16 bits per heavy atom. The third kappa shape index (κ3) is 2.83. The molecule has 0 amide bonds. The summed E-state index contributed by atoms with van der Waals surface area (Å²) < 4.78 is 0. The highest BCUT2D eigenvalue weighted by molar-refractivity contribution is 8.00. The lowest BCUT2D eigenvalue weighted by Crippen LogP contribution is -2.49. The van der Waals surface area contributed by atoms with E-state index in [1.807, 2.05) is 0 Å². The zero-order valence-corrected chi connectivity index (χ0v) is 12.7. The van der Waals surface area contributed by atoms with Crippen LogP contribution in [0.25, 0.3) is 0 Å². The zero-order valence-electron chi connectivity index (χ0n) is 11.9. The maximum Gasteiger partial charge on any atom is 0.0452 e. The maximum absolute atomic E-state index is 3.71. The van der Waals surface area contributed by atoms with E-state index in [0.29, 0.717) is 12.1 Å². The van der Waals surface area contributed by atoms with Crippen LogP contribution in [0.5, 0.6) is 0 Å². The van der Waals surface area contributed by atoms with Gasteiger partial charge in [0.2, 0.25) is 0 Å². The molecule has 0 saturated carbocycles. The average Bonchev–Trinajstić information content (AvgIpc) is 2.44. The monoisotopic (exact) mass is 276 g/mol. The van der Waals surface area contributed by atoms with Gasteiger partial charge in [0.1, 0.15) is 0 Å². The molecule has 2 aliphatic heterocycles. The lowest BCUT2D eigenvalue weighted by Gasteiger charge is -2.40. The Hall–Kier alpha value is -0.510. The van der Waals surface area contributed by atoms with E-state index in [9.17, 15) is 0 Å². The van der Waals surface area contributed by atoms with Gasteiger partial charge < -0.3 is 5.32 Å². The number of thioether (sulfide) groups is 1. The topological polar surface area (TPSA) is 15.3 Å². The Balaban J connectivity index is 1.74. The smallest absolute Gasteiger partial charge is 0.0452 e. The Labute approximate surface area is 121 Å². The summed E-state index contributed by atoms with van der Waals surface area (Å²) in [5.41, 5.74) is 3.06. The first kappa shape index (κ1) is 13.5. The van der Waals surface area contributed by atoms with Crippen molar-refractivity contribution in [3.63, 3.8) is 0 Å². The first-order chi connectivity index (χ1) is 9.25. The second-order valence-electron chi connectivity index (χ2n) is 5.77. The summed E-state index contributed by atoms with van der Waals surface area (Å²) in [5.74, 6) is 1.28. The Kier molecular flexibility index (Phi) is 4.15. The minimum atomic E-state index is 0.516. The maximum atomic E-state index is 3.71. The van der Waals surface area contributed by atoms with E-state index in [4.69, 9.17) is 0 Å². The largest absolute Gasteiger partial charge is 0.309 e. The van der Waals surface area contributed by atoms with Crippen LogP contribution in [-0.2, 0) is 6.42 Å². The van der Waals surface area contributed by atoms with Crippen molar-refractivity contribution < 1.29 is 0 Å². The highest BCUT2D eigenvalue weighted by Gasteiger charge is 2.29. The standard InChI is InChI=1S/C16H24N2S/c1-12-13(2)19-10-9-18(12)11-16-15-6-4-3-5-14(15)7-8-17-16/h3-6,12-13,16-17H,7-11H2,1-2H3. The van der Waals surface area contributed by atoms with E-state index in [1.165, 1.54) is 24.3 Å². The Morgan fingerprint density at radius 1 is 1.32 bits per heavy atom. The summed E-state index contributed by atoms with van der Waals surface area (Å²) in [5, 5.41) is 4.47. The van der Waals surface area contributed by atoms with Gasteiger partial charge in [0.15, 0.2) is 0 Å². The van der Waals surface area contributed by atoms with Crippen molar-refractivity contribution >= 4 is 11.8 Å². The molecule has 1 aromatic carbocycles. The molecule has 1 fully saturated rings. The number of nitrogens with zero attached hydrogens (tertiary/aromatic N) is 1. The van der Waals surface area contributed by atoms with Crippen LogP contribution in [-0.4, -0.2) is 41.6 Å². The van der Waals surface area contributed by atoms with Crippen LogP contribution in [0, 0.1) is 0 Å². The second kappa shape index (κ2) is 5.86. The minimum Gasteiger partial charge on any atom is -0.309 e. The number of fused-ring (bicyclic) bond motifs is 1. The second-order valence-corrected chi connectivity index (χ2v) is 7.25. The van der Waals surface area contributed by atoms with E-state index >= 15 is 0 Å². The van der Waals surface area contributed by atoms with E-state index in [1.54, 1.807) is 5.56 Å². The number of benzene rings is 1. The van der Waals surface area contributed by atoms with Gasteiger partial charge in [0, 0.05) is 36.2 Å². The quantitative estimate of drug-likeness (QED) is 0.894. The molecule has 3 unspecified atom stereocenters. The van der Waals surface area contributed by atoms with Gasteiger partial charge in [0.25, 0.3) is 0 Å². The van der Waals surface area contributed by atoms with Crippen LogP contribution >= 0.6 is 11.8 Å². The molecule has 19 heavy (non-hydrogen) atoms. The molecule has 3 heteroatoms. The summed E-state index contributed by atoms with van der Waals surface area (Å²) in [4.78, 5) is 2.67. The fraction of sp³-hybridized carbons (Fsp3) is 0.625. The SMILES string of the molecule is CC1SCCN(CC2NCCc3ccccc32)C1C. The van der Waals surface area contributed by atoms with Crippen molar-refractivity contribution in [2.75, 3.05) is 25.4 Å².